The predicted molar refractivity (Wildman–Crippen MR) is 91.5 cm³/mol. The Morgan fingerprint density at radius 1 is 1.19 bits per heavy atom. The lowest BCUT2D eigenvalue weighted by atomic mass is 10.0. The van der Waals surface area contributed by atoms with E-state index in [-0.39, 0.29) is 17.7 Å². The maximum Gasteiger partial charge on any atom is 0.326 e. The molecule has 0 aliphatic carbocycles. The van der Waals surface area contributed by atoms with Crippen LogP contribution in [0.15, 0.2) is 48.5 Å². The van der Waals surface area contributed by atoms with Gasteiger partial charge in [-0.1, -0.05) is 12.1 Å². The highest BCUT2D eigenvalue weighted by Crippen LogP contribution is 2.13. The Labute approximate surface area is 149 Å². The van der Waals surface area contributed by atoms with Crippen LogP contribution in [0.25, 0.3) is 0 Å². The molecule has 0 aliphatic heterocycles. The molecule has 0 bridgehead atoms. The normalized spacial score (nSPS) is 11.1. The topological polar surface area (TPSA) is 116 Å². The van der Waals surface area contributed by atoms with Gasteiger partial charge in [0.15, 0.2) is 0 Å². The number of amides is 1. The number of carbonyl (C=O) groups is 3. The minimum absolute atomic E-state index is 0.0438. The maximum absolute atomic E-state index is 12.3. The first kappa shape index (κ1) is 18.7. The fourth-order valence-electron chi connectivity index (χ4n) is 2.29. The molecule has 0 fully saturated rings. The smallest absolute Gasteiger partial charge is 0.326 e. The van der Waals surface area contributed by atoms with Crippen molar-refractivity contribution in [3.05, 3.63) is 65.2 Å². The van der Waals surface area contributed by atoms with E-state index in [1.807, 2.05) is 6.07 Å². The van der Waals surface area contributed by atoms with Gasteiger partial charge in [0, 0.05) is 18.9 Å². The van der Waals surface area contributed by atoms with Gasteiger partial charge in [-0.3, -0.25) is 9.59 Å². The third kappa shape index (κ3) is 5.18. The summed E-state index contributed by atoms with van der Waals surface area (Å²) in [5.74, 6) is -1.94. The number of benzene rings is 2. The molecule has 7 heteroatoms. The van der Waals surface area contributed by atoms with E-state index in [1.165, 1.54) is 31.2 Å². The summed E-state index contributed by atoms with van der Waals surface area (Å²) in [6, 6.07) is 13.1. The summed E-state index contributed by atoms with van der Waals surface area (Å²) < 4.78 is 4.88. The molecule has 2 N–H and O–H groups in total. The number of carboxylic acid groups (broad SMARTS) is 1. The van der Waals surface area contributed by atoms with E-state index in [0.29, 0.717) is 11.1 Å². The molecule has 132 valence electrons. The molecule has 7 nitrogen and oxygen atoms in total. The summed E-state index contributed by atoms with van der Waals surface area (Å²) in [4.78, 5) is 34.6. The van der Waals surface area contributed by atoms with Gasteiger partial charge in [-0.05, 0) is 42.0 Å². The van der Waals surface area contributed by atoms with E-state index in [9.17, 15) is 19.5 Å². The highest BCUT2D eigenvalue weighted by atomic mass is 16.5. The highest BCUT2D eigenvalue weighted by molar-refractivity contribution is 5.96. The Kier molecular flexibility index (Phi) is 6.06. The number of rotatable bonds is 6. The summed E-state index contributed by atoms with van der Waals surface area (Å²) in [6.07, 6.45) is 0.0438. The van der Waals surface area contributed by atoms with E-state index in [4.69, 9.17) is 10.00 Å². The third-order valence-corrected chi connectivity index (χ3v) is 3.48. The van der Waals surface area contributed by atoms with E-state index in [1.54, 1.807) is 24.3 Å². The maximum atomic E-state index is 12.3. The van der Waals surface area contributed by atoms with Crippen LogP contribution in [0.3, 0.4) is 0 Å². The van der Waals surface area contributed by atoms with Crippen molar-refractivity contribution in [2.24, 2.45) is 0 Å². The fourth-order valence-corrected chi connectivity index (χ4v) is 2.29. The molecule has 2 aromatic rings. The van der Waals surface area contributed by atoms with Crippen LogP contribution in [0.1, 0.15) is 28.4 Å². The Morgan fingerprint density at radius 2 is 1.88 bits per heavy atom. The minimum atomic E-state index is -1.18. The van der Waals surface area contributed by atoms with Crippen molar-refractivity contribution in [3.63, 3.8) is 0 Å². The van der Waals surface area contributed by atoms with Gasteiger partial charge >= 0.3 is 11.9 Å². The first-order valence-corrected chi connectivity index (χ1v) is 7.70. The van der Waals surface area contributed by atoms with Gasteiger partial charge in [-0.25, -0.2) is 4.79 Å². The van der Waals surface area contributed by atoms with Gasteiger partial charge in [-0.2, -0.15) is 5.26 Å². The highest BCUT2D eigenvalue weighted by Gasteiger charge is 2.21. The Hall–Kier alpha value is -3.66. The van der Waals surface area contributed by atoms with E-state index < -0.39 is 23.9 Å². The number of nitriles is 1. The molecule has 26 heavy (non-hydrogen) atoms. The number of esters is 1. The molecule has 0 spiro atoms. The number of aliphatic carboxylic acids is 1. The zero-order valence-electron chi connectivity index (χ0n) is 13.9. The van der Waals surface area contributed by atoms with Crippen molar-refractivity contribution in [2.45, 2.75) is 19.4 Å². The van der Waals surface area contributed by atoms with Gasteiger partial charge in [-0.15, -0.1) is 0 Å². The molecular weight excluding hydrogens is 336 g/mol. The van der Waals surface area contributed by atoms with Crippen LogP contribution in [0, 0.1) is 11.3 Å². The third-order valence-electron chi connectivity index (χ3n) is 3.48. The molecule has 0 radical (unpaired) electrons. The molecule has 0 saturated heterocycles. The molecule has 2 aromatic carbocycles. The molecule has 0 aliphatic rings. The van der Waals surface area contributed by atoms with Crippen LogP contribution < -0.4 is 10.1 Å². The summed E-state index contributed by atoms with van der Waals surface area (Å²) in [5.41, 5.74) is 1.28. The number of nitrogens with zero attached hydrogens (tertiary/aromatic N) is 1. The van der Waals surface area contributed by atoms with Crippen LogP contribution in [0.5, 0.6) is 5.75 Å². The SMILES string of the molecule is CC(=O)Oc1ccc(C(=O)N[C@H](Cc2cccc(C#N)c2)C(=O)O)cc1. The van der Waals surface area contributed by atoms with E-state index in [2.05, 4.69) is 5.32 Å². The zero-order valence-corrected chi connectivity index (χ0v) is 13.9. The Morgan fingerprint density at radius 3 is 2.46 bits per heavy atom. The van der Waals surface area contributed by atoms with Crippen molar-refractivity contribution in [1.82, 2.24) is 5.32 Å². The Balaban J connectivity index is 2.09. The molecule has 0 aromatic heterocycles. The second kappa shape index (κ2) is 8.44. The first-order chi connectivity index (χ1) is 12.4. The van der Waals surface area contributed by atoms with Gasteiger partial charge in [0.1, 0.15) is 11.8 Å². The van der Waals surface area contributed by atoms with Crippen molar-refractivity contribution in [1.29, 1.82) is 5.26 Å². The largest absolute Gasteiger partial charge is 0.480 e. The molecule has 1 amide bonds. The molecular formula is C19H16N2O5. The number of hydrogen-bond donors (Lipinski definition) is 2. The lowest BCUT2D eigenvalue weighted by Crippen LogP contribution is -2.42. The van der Waals surface area contributed by atoms with Crippen molar-refractivity contribution in [3.8, 4) is 11.8 Å². The Bertz CT molecular complexity index is 868. The van der Waals surface area contributed by atoms with Crippen LogP contribution in [-0.2, 0) is 16.0 Å². The zero-order chi connectivity index (χ0) is 19.1. The molecule has 2 rings (SSSR count). The summed E-state index contributed by atoms with van der Waals surface area (Å²) in [5, 5.41) is 20.7. The van der Waals surface area contributed by atoms with Crippen LogP contribution in [0.4, 0.5) is 0 Å². The monoisotopic (exact) mass is 352 g/mol. The number of carboxylic acids is 1. The second-order valence-electron chi connectivity index (χ2n) is 5.50. The second-order valence-corrected chi connectivity index (χ2v) is 5.50. The molecule has 1 atom stereocenters. The number of nitrogens with one attached hydrogen (secondary N) is 1. The first-order valence-electron chi connectivity index (χ1n) is 7.70. The lowest BCUT2D eigenvalue weighted by molar-refractivity contribution is -0.139. The van der Waals surface area contributed by atoms with Gasteiger partial charge in [0.05, 0.1) is 11.6 Å². The summed E-state index contributed by atoms with van der Waals surface area (Å²) >= 11 is 0. The number of ether oxygens (including phenoxy) is 1. The fraction of sp³-hybridized carbons (Fsp3) is 0.158. The average Bonchev–Trinajstić information content (AvgIpc) is 2.61. The van der Waals surface area contributed by atoms with Crippen LogP contribution in [0.2, 0.25) is 0 Å². The number of hydrogen-bond acceptors (Lipinski definition) is 5. The standard InChI is InChI=1S/C19H16N2O5/c1-12(22)26-16-7-5-15(6-8-16)18(23)21-17(19(24)25)10-13-3-2-4-14(9-13)11-20/h2-9,17H,10H2,1H3,(H,21,23)(H,24,25)/t17-/m1/s1. The van der Waals surface area contributed by atoms with Crippen molar-refractivity contribution >= 4 is 17.8 Å². The molecule has 0 saturated carbocycles. The lowest BCUT2D eigenvalue weighted by Gasteiger charge is -2.15. The van der Waals surface area contributed by atoms with Gasteiger partial charge in [0.2, 0.25) is 0 Å². The molecule has 0 heterocycles. The van der Waals surface area contributed by atoms with Crippen LogP contribution >= 0.6 is 0 Å². The van der Waals surface area contributed by atoms with Gasteiger partial charge < -0.3 is 15.2 Å². The van der Waals surface area contributed by atoms with E-state index in [0.717, 1.165) is 0 Å². The summed E-state index contributed by atoms with van der Waals surface area (Å²) in [6.45, 7) is 1.26. The molecule has 0 unspecified atom stereocenters. The quantitative estimate of drug-likeness (QED) is 0.606. The van der Waals surface area contributed by atoms with Crippen LogP contribution in [-0.4, -0.2) is 29.0 Å². The van der Waals surface area contributed by atoms with E-state index >= 15 is 0 Å². The van der Waals surface area contributed by atoms with Crippen molar-refractivity contribution < 1.29 is 24.2 Å². The minimum Gasteiger partial charge on any atom is -0.480 e. The average molecular weight is 352 g/mol. The van der Waals surface area contributed by atoms with Crippen molar-refractivity contribution in [2.75, 3.05) is 0 Å². The number of carbonyl (C=O) groups excluding carboxylic acids is 2. The predicted octanol–water partition coefficient (Wildman–Crippen LogP) is 1.91. The van der Waals surface area contributed by atoms with Gasteiger partial charge in [0.25, 0.3) is 5.91 Å². The summed E-state index contributed by atoms with van der Waals surface area (Å²) in [7, 11) is 0.